The van der Waals surface area contributed by atoms with Crippen molar-refractivity contribution in [2.24, 2.45) is 0 Å². The third-order valence-electron chi connectivity index (χ3n) is 2.30. The average molecular weight is 222 g/mol. The standard InChI is InChI=1S/C13H22OSi/c1-11(2)14-15(13(3,4)5)12-9-7-6-8-10-12/h6-11,15H,1-5H3. The second-order valence-corrected chi connectivity index (χ2v) is 8.77. The highest BCUT2D eigenvalue weighted by Gasteiger charge is 2.30. The van der Waals surface area contributed by atoms with E-state index in [1.807, 2.05) is 0 Å². The smallest absolute Gasteiger partial charge is 0.213 e. The van der Waals surface area contributed by atoms with Crippen LogP contribution in [0.5, 0.6) is 0 Å². The van der Waals surface area contributed by atoms with Crippen LogP contribution in [0.4, 0.5) is 0 Å². The zero-order chi connectivity index (χ0) is 11.5. The van der Waals surface area contributed by atoms with Crippen LogP contribution in [0, 0.1) is 0 Å². The van der Waals surface area contributed by atoms with Gasteiger partial charge in [0.1, 0.15) is 0 Å². The molecule has 0 saturated carbocycles. The Hall–Kier alpha value is -0.603. The summed E-state index contributed by atoms with van der Waals surface area (Å²) in [6.07, 6.45) is 0.320. The summed E-state index contributed by atoms with van der Waals surface area (Å²) in [6.45, 7) is 11.1. The summed E-state index contributed by atoms with van der Waals surface area (Å²) in [5, 5.41) is 1.67. The van der Waals surface area contributed by atoms with Gasteiger partial charge in [0.05, 0.1) is 0 Å². The van der Waals surface area contributed by atoms with Crippen molar-refractivity contribution >= 4 is 14.2 Å². The van der Waals surface area contributed by atoms with E-state index in [4.69, 9.17) is 4.43 Å². The Labute approximate surface area is 95.2 Å². The highest BCUT2D eigenvalue weighted by Crippen LogP contribution is 2.27. The molecular weight excluding hydrogens is 200 g/mol. The van der Waals surface area contributed by atoms with Crippen molar-refractivity contribution in [3.8, 4) is 0 Å². The topological polar surface area (TPSA) is 9.23 Å². The molecule has 0 amide bonds. The van der Waals surface area contributed by atoms with E-state index < -0.39 is 9.04 Å². The summed E-state index contributed by atoms with van der Waals surface area (Å²) in [7, 11) is -1.34. The first-order chi connectivity index (χ1) is 6.91. The van der Waals surface area contributed by atoms with Gasteiger partial charge in [-0.25, -0.2) is 0 Å². The molecule has 1 rings (SSSR count). The number of hydrogen-bond donors (Lipinski definition) is 0. The van der Waals surface area contributed by atoms with E-state index in [0.717, 1.165) is 0 Å². The zero-order valence-corrected chi connectivity index (χ0v) is 11.6. The third-order valence-corrected chi connectivity index (χ3v) is 5.68. The van der Waals surface area contributed by atoms with Crippen LogP contribution in [-0.4, -0.2) is 15.1 Å². The van der Waals surface area contributed by atoms with Gasteiger partial charge in [-0.2, -0.15) is 0 Å². The highest BCUT2D eigenvalue weighted by atomic mass is 28.3. The lowest BCUT2D eigenvalue weighted by atomic mass is 10.2. The molecular formula is C13H22OSi. The molecule has 1 nitrogen and oxygen atoms in total. The quantitative estimate of drug-likeness (QED) is 0.715. The molecule has 1 aromatic carbocycles. The predicted octanol–water partition coefficient (Wildman–Crippen LogP) is 2.84. The lowest BCUT2D eigenvalue weighted by molar-refractivity contribution is 0.236. The van der Waals surface area contributed by atoms with Crippen LogP contribution in [0.15, 0.2) is 30.3 Å². The Kier molecular flexibility index (Phi) is 4.11. The van der Waals surface area contributed by atoms with Gasteiger partial charge in [0.25, 0.3) is 0 Å². The van der Waals surface area contributed by atoms with Crippen LogP contribution in [0.1, 0.15) is 34.6 Å². The van der Waals surface area contributed by atoms with Crippen LogP contribution in [0.3, 0.4) is 0 Å². The lowest BCUT2D eigenvalue weighted by Gasteiger charge is -2.31. The van der Waals surface area contributed by atoms with Crippen LogP contribution < -0.4 is 5.19 Å². The number of hydrogen-bond acceptors (Lipinski definition) is 1. The Balaban J connectivity index is 2.92. The molecule has 0 fully saturated rings. The van der Waals surface area contributed by atoms with Gasteiger partial charge in [0.15, 0.2) is 0 Å². The maximum atomic E-state index is 6.14. The summed E-state index contributed by atoms with van der Waals surface area (Å²) < 4.78 is 6.14. The van der Waals surface area contributed by atoms with Crippen molar-refractivity contribution in [3.63, 3.8) is 0 Å². The minimum Gasteiger partial charge on any atom is -0.413 e. The van der Waals surface area contributed by atoms with Gasteiger partial charge in [-0.1, -0.05) is 51.1 Å². The minimum atomic E-state index is -1.34. The van der Waals surface area contributed by atoms with Gasteiger partial charge >= 0.3 is 0 Å². The Morgan fingerprint density at radius 2 is 1.60 bits per heavy atom. The highest BCUT2D eigenvalue weighted by molar-refractivity contribution is 6.70. The van der Waals surface area contributed by atoms with Gasteiger partial charge in [-0.05, 0) is 24.1 Å². The summed E-state index contributed by atoms with van der Waals surface area (Å²) in [4.78, 5) is 0. The van der Waals surface area contributed by atoms with Crippen LogP contribution in [0.25, 0.3) is 0 Å². The van der Waals surface area contributed by atoms with E-state index in [1.54, 1.807) is 0 Å². The second kappa shape index (κ2) is 4.95. The summed E-state index contributed by atoms with van der Waals surface area (Å²) >= 11 is 0. The normalized spacial score (nSPS) is 14.3. The number of benzene rings is 1. The molecule has 0 heterocycles. The van der Waals surface area contributed by atoms with Crippen molar-refractivity contribution in [3.05, 3.63) is 30.3 Å². The fourth-order valence-corrected chi connectivity index (χ4v) is 4.36. The Morgan fingerprint density at radius 1 is 1.07 bits per heavy atom. The molecule has 15 heavy (non-hydrogen) atoms. The second-order valence-electron chi connectivity index (χ2n) is 5.34. The minimum absolute atomic E-state index is 0.269. The van der Waals surface area contributed by atoms with Crippen LogP contribution >= 0.6 is 0 Å². The van der Waals surface area contributed by atoms with Crippen molar-refractivity contribution in [2.75, 3.05) is 0 Å². The predicted molar refractivity (Wildman–Crippen MR) is 69.2 cm³/mol. The number of rotatable bonds is 3. The molecule has 0 aromatic heterocycles. The van der Waals surface area contributed by atoms with Crippen LogP contribution in [-0.2, 0) is 4.43 Å². The molecule has 0 saturated heterocycles. The van der Waals surface area contributed by atoms with E-state index in [2.05, 4.69) is 65.0 Å². The Morgan fingerprint density at radius 3 is 2.00 bits per heavy atom. The molecule has 1 atom stereocenters. The molecule has 0 radical (unpaired) electrons. The molecule has 0 spiro atoms. The summed E-state index contributed by atoms with van der Waals surface area (Å²) in [6, 6.07) is 10.7. The van der Waals surface area contributed by atoms with Crippen LogP contribution in [0.2, 0.25) is 5.04 Å². The maximum absolute atomic E-state index is 6.14. The lowest BCUT2D eigenvalue weighted by Crippen LogP contribution is -2.43. The first kappa shape index (κ1) is 12.5. The zero-order valence-electron chi connectivity index (χ0n) is 10.4. The fourth-order valence-electron chi connectivity index (χ4n) is 1.68. The van der Waals surface area contributed by atoms with Crippen molar-refractivity contribution in [1.82, 2.24) is 0 Å². The first-order valence-electron chi connectivity index (χ1n) is 5.61. The largest absolute Gasteiger partial charge is 0.413 e. The molecule has 1 unspecified atom stereocenters. The van der Waals surface area contributed by atoms with Gasteiger partial charge in [0, 0.05) is 6.10 Å². The van der Waals surface area contributed by atoms with Crippen molar-refractivity contribution < 1.29 is 4.43 Å². The molecule has 84 valence electrons. The van der Waals surface area contributed by atoms with E-state index in [1.165, 1.54) is 5.19 Å². The van der Waals surface area contributed by atoms with Gasteiger partial charge in [-0.3, -0.25) is 0 Å². The van der Waals surface area contributed by atoms with Crippen molar-refractivity contribution in [2.45, 2.75) is 45.8 Å². The van der Waals surface area contributed by atoms with Gasteiger partial charge < -0.3 is 4.43 Å². The monoisotopic (exact) mass is 222 g/mol. The maximum Gasteiger partial charge on any atom is 0.213 e. The molecule has 0 aliphatic rings. The molecule has 2 heteroatoms. The molecule has 0 N–H and O–H groups in total. The molecule has 0 aliphatic heterocycles. The van der Waals surface area contributed by atoms with Gasteiger partial charge in [0.2, 0.25) is 9.04 Å². The fraction of sp³-hybridized carbons (Fsp3) is 0.538. The molecule has 1 aromatic rings. The van der Waals surface area contributed by atoms with E-state index in [9.17, 15) is 0 Å². The summed E-state index contributed by atoms with van der Waals surface area (Å²) in [5.41, 5.74) is 0. The van der Waals surface area contributed by atoms with Gasteiger partial charge in [-0.15, -0.1) is 0 Å². The van der Waals surface area contributed by atoms with E-state index in [-0.39, 0.29) is 5.04 Å². The van der Waals surface area contributed by atoms with Crippen molar-refractivity contribution in [1.29, 1.82) is 0 Å². The SMILES string of the molecule is CC(C)O[SiH](c1ccccc1)C(C)(C)C. The molecule has 0 bridgehead atoms. The average Bonchev–Trinajstić information content (AvgIpc) is 2.14. The summed E-state index contributed by atoms with van der Waals surface area (Å²) in [5.74, 6) is 0. The van der Waals surface area contributed by atoms with E-state index in [0.29, 0.717) is 6.10 Å². The third kappa shape index (κ3) is 3.80. The van der Waals surface area contributed by atoms with E-state index >= 15 is 0 Å². The molecule has 0 aliphatic carbocycles. The first-order valence-corrected chi connectivity index (χ1v) is 7.24. The Bertz CT molecular complexity index is 287.